The number of aliphatic hydroxyl groups is 1. The number of ether oxygens (including phenoxy) is 1. The molecule has 2 N–H and O–H groups in total. The molecule has 0 spiro atoms. The first-order chi connectivity index (χ1) is 11.2. The average Bonchev–Trinajstić information content (AvgIpc) is 2.97. The lowest BCUT2D eigenvalue weighted by atomic mass is 9.85. The maximum Gasteiger partial charge on any atom is 0.320 e. The average molecular weight is 336 g/mol. The number of carboxylic acids is 1. The minimum Gasteiger partial charge on any atom is -0.485 e. The van der Waals surface area contributed by atoms with Crippen molar-refractivity contribution < 1.29 is 24.7 Å². The molecule has 2 aliphatic rings. The zero-order chi connectivity index (χ0) is 17.6. The highest BCUT2D eigenvalue weighted by atomic mass is 16.6. The molecule has 8 nitrogen and oxygen atoms in total. The molecule has 0 saturated carbocycles. The Labute approximate surface area is 138 Å². The van der Waals surface area contributed by atoms with Gasteiger partial charge in [-0.05, 0) is 39.3 Å². The van der Waals surface area contributed by atoms with Crippen LogP contribution in [0.15, 0.2) is 18.2 Å². The van der Waals surface area contributed by atoms with Crippen molar-refractivity contribution in [1.82, 2.24) is 4.90 Å². The van der Waals surface area contributed by atoms with Crippen LogP contribution in [-0.4, -0.2) is 50.3 Å². The highest BCUT2D eigenvalue weighted by molar-refractivity contribution is 5.74. The van der Waals surface area contributed by atoms with Gasteiger partial charge < -0.3 is 14.9 Å². The Morgan fingerprint density at radius 3 is 2.79 bits per heavy atom. The van der Waals surface area contributed by atoms with Gasteiger partial charge in [0.05, 0.1) is 11.0 Å². The Morgan fingerprint density at radius 2 is 2.17 bits per heavy atom. The number of hydrogen-bond donors (Lipinski definition) is 2. The summed E-state index contributed by atoms with van der Waals surface area (Å²) in [5.74, 6) is -0.507. The van der Waals surface area contributed by atoms with Gasteiger partial charge in [-0.25, -0.2) is 0 Å². The molecule has 24 heavy (non-hydrogen) atoms. The molecular formula is C16H20N2O6. The summed E-state index contributed by atoms with van der Waals surface area (Å²) in [6.07, 6.45) is 0.183. The molecule has 2 unspecified atom stereocenters. The Balaban J connectivity index is 2.11. The topological polar surface area (TPSA) is 113 Å². The van der Waals surface area contributed by atoms with Crippen molar-refractivity contribution in [3.63, 3.8) is 0 Å². The van der Waals surface area contributed by atoms with Crippen LogP contribution in [0.1, 0.15) is 38.3 Å². The summed E-state index contributed by atoms with van der Waals surface area (Å²) in [5.41, 5.74) is -0.580. The van der Waals surface area contributed by atoms with Crippen molar-refractivity contribution in [2.75, 3.05) is 6.54 Å². The van der Waals surface area contributed by atoms with E-state index >= 15 is 0 Å². The Kier molecular flexibility index (Phi) is 3.97. The van der Waals surface area contributed by atoms with E-state index in [9.17, 15) is 25.1 Å². The smallest absolute Gasteiger partial charge is 0.320 e. The standard InChI is InChI=1S/C16H20N2O6/c1-16(2)14(19)13(17-7-3-4-11(17)15(20)21)10-8-9(18(22)23)5-6-12(10)24-16/h5-6,8,11,13-14,19H,3-4,7H2,1-2H3,(H,20,21)/t11?,13-,14?/m1/s1. The first kappa shape index (κ1) is 16.7. The number of fused-ring (bicyclic) bond motifs is 1. The number of benzene rings is 1. The van der Waals surface area contributed by atoms with Crippen molar-refractivity contribution in [1.29, 1.82) is 0 Å². The van der Waals surface area contributed by atoms with Gasteiger partial charge >= 0.3 is 5.97 Å². The first-order valence-corrected chi connectivity index (χ1v) is 7.86. The van der Waals surface area contributed by atoms with Gasteiger partial charge in [0.2, 0.25) is 0 Å². The van der Waals surface area contributed by atoms with Crippen LogP contribution in [0, 0.1) is 10.1 Å². The van der Waals surface area contributed by atoms with E-state index in [2.05, 4.69) is 0 Å². The molecule has 130 valence electrons. The van der Waals surface area contributed by atoms with Crippen LogP contribution in [0.3, 0.4) is 0 Å². The molecule has 3 atom stereocenters. The van der Waals surface area contributed by atoms with Crippen LogP contribution >= 0.6 is 0 Å². The minimum absolute atomic E-state index is 0.111. The fourth-order valence-corrected chi connectivity index (χ4v) is 3.61. The third-order valence-corrected chi connectivity index (χ3v) is 4.84. The van der Waals surface area contributed by atoms with Gasteiger partial charge in [0.15, 0.2) is 0 Å². The van der Waals surface area contributed by atoms with E-state index in [0.29, 0.717) is 30.7 Å². The number of nitro groups is 1. The predicted molar refractivity (Wildman–Crippen MR) is 83.9 cm³/mol. The van der Waals surface area contributed by atoms with E-state index in [1.54, 1.807) is 18.7 Å². The summed E-state index contributed by atoms with van der Waals surface area (Å²) < 4.78 is 5.81. The molecule has 8 heteroatoms. The number of non-ortho nitro benzene ring substituents is 1. The zero-order valence-corrected chi connectivity index (χ0v) is 13.5. The number of likely N-dealkylation sites (tertiary alicyclic amines) is 1. The fraction of sp³-hybridized carbons (Fsp3) is 0.562. The van der Waals surface area contributed by atoms with Crippen LogP contribution in [0.2, 0.25) is 0 Å². The van der Waals surface area contributed by atoms with E-state index in [1.165, 1.54) is 18.2 Å². The molecule has 0 aliphatic carbocycles. The van der Waals surface area contributed by atoms with Gasteiger partial charge in [-0.3, -0.25) is 19.8 Å². The van der Waals surface area contributed by atoms with Crippen LogP contribution in [0.25, 0.3) is 0 Å². The summed E-state index contributed by atoms with van der Waals surface area (Å²) in [7, 11) is 0. The molecule has 2 aliphatic heterocycles. The quantitative estimate of drug-likeness (QED) is 0.638. The van der Waals surface area contributed by atoms with Gasteiger partial charge in [0, 0.05) is 17.7 Å². The number of aliphatic hydroxyl groups excluding tert-OH is 1. The lowest BCUT2D eigenvalue weighted by Crippen LogP contribution is -2.55. The highest BCUT2D eigenvalue weighted by Gasteiger charge is 2.49. The van der Waals surface area contributed by atoms with Crippen molar-refractivity contribution in [2.24, 2.45) is 0 Å². The fourth-order valence-electron chi connectivity index (χ4n) is 3.61. The second-order valence-electron chi connectivity index (χ2n) is 6.81. The molecule has 0 radical (unpaired) electrons. The van der Waals surface area contributed by atoms with E-state index < -0.39 is 34.7 Å². The molecule has 2 heterocycles. The number of nitro benzene ring substituents is 1. The second-order valence-corrected chi connectivity index (χ2v) is 6.81. The van der Waals surface area contributed by atoms with E-state index in [4.69, 9.17) is 4.74 Å². The monoisotopic (exact) mass is 336 g/mol. The molecule has 3 rings (SSSR count). The number of aliphatic carboxylic acids is 1. The van der Waals surface area contributed by atoms with Gasteiger partial charge in [-0.2, -0.15) is 0 Å². The summed E-state index contributed by atoms with van der Waals surface area (Å²) in [5, 5.41) is 31.4. The van der Waals surface area contributed by atoms with Crippen molar-refractivity contribution in [3.8, 4) is 5.75 Å². The Morgan fingerprint density at radius 1 is 1.46 bits per heavy atom. The summed E-state index contributed by atoms with van der Waals surface area (Å²) in [4.78, 5) is 23.8. The van der Waals surface area contributed by atoms with Crippen LogP contribution in [0.5, 0.6) is 5.75 Å². The minimum atomic E-state index is -1.01. The summed E-state index contributed by atoms with van der Waals surface area (Å²) >= 11 is 0. The van der Waals surface area contributed by atoms with E-state index in [1.807, 2.05) is 0 Å². The Bertz CT molecular complexity index is 689. The van der Waals surface area contributed by atoms with Crippen LogP contribution in [-0.2, 0) is 4.79 Å². The van der Waals surface area contributed by atoms with E-state index in [-0.39, 0.29) is 5.69 Å². The largest absolute Gasteiger partial charge is 0.485 e. The Hall–Kier alpha value is -2.19. The number of nitrogens with zero attached hydrogens (tertiary/aromatic N) is 2. The van der Waals surface area contributed by atoms with Gasteiger partial charge in [0.25, 0.3) is 5.69 Å². The molecule has 1 fully saturated rings. The van der Waals surface area contributed by atoms with Crippen molar-refractivity contribution in [3.05, 3.63) is 33.9 Å². The first-order valence-electron chi connectivity index (χ1n) is 7.86. The van der Waals surface area contributed by atoms with E-state index in [0.717, 1.165) is 0 Å². The maximum atomic E-state index is 11.5. The van der Waals surface area contributed by atoms with Gasteiger partial charge in [0.1, 0.15) is 23.5 Å². The SMILES string of the molecule is CC1(C)Oc2ccc([N+](=O)[O-])cc2[C@@H](N2CCCC2C(=O)O)C1O. The number of hydrogen-bond acceptors (Lipinski definition) is 6. The summed E-state index contributed by atoms with van der Waals surface area (Å²) in [6.45, 7) is 3.96. The molecule has 0 amide bonds. The van der Waals surface area contributed by atoms with Crippen molar-refractivity contribution >= 4 is 11.7 Å². The molecule has 1 aromatic rings. The molecule has 1 saturated heterocycles. The maximum absolute atomic E-state index is 11.5. The van der Waals surface area contributed by atoms with Gasteiger partial charge in [-0.15, -0.1) is 0 Å². The normalized spacial score (nSPS) is 28.9. The lowest BCUT2D eigenvalue weighted by Gasteiger charge is -2.46. The summed E-state index contributed by atoms with van der Waals surface area (Å²) in [6, 6.07) is 2.86. The third-order valence-electron chi connectivity index (χ3n) is 4.84. The number of carboxylic acid groups (broad SMARTS) is 1. The molecular weight excluding hydrogens is 316 g/mol. The lowest BCUT2D eigenvalue weighted by molar-refractivity contribution is -0.385. The predicted octanol–water partition coefficient (Wildman–Crippen LogP) is 1.72. The van der Waals surface area contributed by atoms with Crippen molar-refractivity contribution in [2.45, 2.75) is 50.5 Å². The second kappa shape index (κ2) is 5.71. The highest BCUT2D eigenvalue weighted by Crippen LogP contribution is 2.46. The molecule has 0 bridgehead atoms. The third kappa shape index (κ3) is 2.61. The number of rotatable bonds is 3. The zero-order valence-electron chi connectivity index (χ0n) is 13.5. The van der Waals surface area contributed by atoms with Crippen LogP contribution < -0.4 is 4.74 Å². The van der Waals surface area contributed by atoms with Gasteiger partial charge in [-0.1, -0.05) is 0 Å². The molecule has 0 aromatic heterocycles. The molecule has 1 aromatic carbocycles. The van der Waals surface area contributed by atoms with Crippen LogP contribution in [0.4, 0.5) is 5.69 Å². The number of carbonyl (C=O) groups is 1.